The second-order valence-electron chi connectivity index (χ2n) is 7.32. The molecule has 1 N–H and O–H groups in total. The van der Waals surface area contributed by atoms with E-state index in [4.69, 9.17) is 9.47 Å². The molecule has 1 spiro atoms. The minimum Gasteiger partial charge on any atom is -0.390 e. The minimum atomic E-state index is -0.484. The van der Waals surface area contributed by atoms with Crippen LogP contribution in [0.15, 0.2) is 0 Å². The van der Waals surface area contributed by atoms with E-state index in [0.717, 1.165) is 71.4 Å². The number of nitrogens with zero attached hydrogens (tertiary/aromatic N) is 1. The van der Waals surface area contributed by atoms with Crippen LogP contribution in [0.5, 0.6) is 0 Å². The highest BCUT2D eigenvalue weighted by molar-refractivity contribution is 4.98. The average molecular weight is 297 g/mol. The fourth-order valence-corrected chi connectivity index (χ4v) is 4.50. The van der Waals surface area contributed by atoms with Crippen molar-refractivity contribution in [3.05, 3.63) is 0 Å². The molecule has 122 valence electrons. The topological polar surface area (TPSA) is 41.9 Å². The number of hydrogen-bond donors (Lipinski definition) is 1. The highest BCUT2D eigenvalue weighted by Gasteiger charge is 2.47. The fraction of sp³-hybridized carbons (Fsp3) is 1.00. The van der Waals surface area contributed by atoms with E-state index < -0.39 is 5.60 Å². The first-order valence-electron chi connectivity index (χ1n) is 8.82. The summed E-state index contributed by atoms with van der Waals surface area (Å²) in [5.41, 5.74) is -0.573. The SMILES string of the molecule is CCCN1CCCC(O)(C2CCOC3(CCOC3)C2)CC1. The van der Waals surface area contributed by atoms with Crippen LogP contribution in [0.4, 0.5) is 0 Å². The zero-order valence-corrected chi connectivity index (χ0v) is 13.5. The molecule has 0 bridgehead atoms. The molecule has 0 aromatic heterocycles. The van der Waals surface area contributed by atoms with E-state index in [0.29, 0.717) is 5.92 Å². The molecule has 3 aliphatic heterocycles. The molecule has 0 radical (unpaired) electrons. The van der Waals surface area contributed by atoms with Gasteiger partial charge in [-0.25, -0.2) is 0 Å². The van der Waals surface area contributed by atoms with Crippen LogP contribution in [0.25, 0.3) is 0 Å². The Bertz CT molecular complexity index is 343. The van der Waals surface area contributed by atoms with Gasteiger partial charge in [-0.3, -0.25) is 0 Å². The lowest BCUT2D eigenvalue weighted by Crippen LogP contribution is -2.49. The maximum absolute atomic E-state index is 11.3. The predicted octanol–water partition coefficient (Wildman–Crippen LogP) is 2.20. The van der Waals surface area contributed by atoms with E-state index in [9.17, 15) is 5.11 Å². The van der Waals surface area contributed by atoms with Crippen LogP contribution in [0, 0.1) is 5.92 Å². The van der Waals surface area contributed by atoms with Crippen molar-refractivity contribution in [2.24, 2.45) is 5.92 Å². The van der Waals surface area contributed by atoms with E-state index >= 15 is 0 Å². The third kappa shape index (κ3) is 3.44. The highest BCUT2D eigenvalue weighted by Crippen LogP contribution is 2.43. The molecule has 0 aromatic rings. The molecule has 3 unspecified atom stereocenters. The van der Waals surface area contributed by atoms with Gasteiger partial charge in [0.2, 0.25) is 0 Å². The summed E-state index contributed by atoms with van der Waals surface area (Å²) in [6.07, 6.45) is 7.20. The predicted molar refractivity (Wildman–Crippen MR) is 82.4 cm³/mol. The van der Waals surface area contributed by atoms with Crippen molar-refractivity contribution in [2.45, 2.75) is 63.1 Å². The lowest BCUT2D eigenvalue weighted by Gasteiger charge is -2.44. The van der Waals surface area contributed by atoms with E-state index in [1.807, 2.05) is 0 Å². The number of hydrogen-bond acceptors (Lipinski definition) is 4. The summed E-state index contributed by atoms with van der Waals surface area (Å²) in [6, 6.07) is 0. The van der Waals surface area contributed by atoms with Crippen molar-refractivity contribution in [3.63, 3.8) is 0 Å². The monoisotopic (exact) mass is 297 g/mol. The molecule has 21 heavy (non-hydrogen) atoms. The molecule has 0 saturated carbocycles. The van der Waals surface area contributed by atoms with E-state index in [2.05, 4.69) is 11.8 Å². The van der Waals surface area contributed by atoms with Gasteiger partial charge in [0.15, 0.2) is 0 Å². The molecule has 3 saturated heterocycles. The molecule has 4 heteroatoms. The number of aliphatic hydroxyl groups is 1. The summed E-state index contributed by atoms with van der Waals surface area (Å²) >= 11 is 0. The van der Waals surface area contributed by atoms with Gasteiger partial charge in [0, 0.05) is 26.2 Å². The van der Waals surface area contributed by atoms with Gasteiger partial charge >= 0.3 is 0 Å². The molecule has 0 amide bonds. The van der Waals surface area contributed by atoms with Gasteiger partial charge in [-0.15, -0.1) is 0 Å². The molecule has 3 aliphatic rings. The molecule has 3 rings (SSSR count). The summed E-state index contributed by atoms with van der Waals surface area (Å²) in [5, 5.41) is 11.3. The van der Waals surface area contributed by atoms with Crippen LogP contribution in [-0.2, 0) is 9.47 Å². The lowest BCUT2D eigenvalue weighted by atomic mass is 9.72. The van der Waals surface area contributed by atoms with Crippen molar-refractivity contribution >= 4 is 0 Å². The Labute approximate surface area is 128 Å². The molecule has 3 heterocycles. The van der Waals surface area contributed by atoms with Gasteiger partial charge in [0.1, 0.15) is 0 Å². The molecule has 4 nitrogen and oxygen atoms in total. The molecule has 0 aliphatic carbocycles. The Balaban J connectivity index is 1.64. The first-order chi connectivity index (χ1) is 10.2. The summed E-state index contributed by atoms with van der Waals surface area (Å²) in [5.74, 6) is 0.384. The summed E-state index contributed by atoms with van der Waals surface area (Å²) in [4.78, 5) is 2.52. The molecule has 0 aromatic carbocycles. The van der Waals surface area contributed by atoms with Gasteiger partial charge in [0.05, 0.1) is 17.8 Å². The van der Waals surface area contributed by atoms with Gasteiger partial charge < -0.3 is 19.5 Å². The first kappa shape index (κ1) is 15.7. The molecular weight excluding hydrogens is 266 g/mol. The van der Waals surface area contributed by atoms with E-state index in [1.165, 1.54) is 13.0 Å². The largest absolute Gasteiger partial charge is 0.390 e. The fourth-order valence-electron chi connectivity index (χ4n) is 4.50. The third-order valence-electron chi connectivity index (χ3n) is 5.80. The van der Waals surface area contributed by atoms with Gasteiger partial charge in [-0.1, -0.05) is 6.92 Å². The first-order valence-corrected chi connectivity index (χ1v) is 8.82. The summed E-state index contributed by atoms with van der Waals surface area (Å²) < 4.78 is 11.6. The van der Waals surface area contributed by atoms with Gasteiger partial charge in [-0.2, -0.15) is 0 Å². The van der Waals surface area contributed by atoms with Crippen LogP contribution in [0.2, 0.25) is 0 Å². The quantitative estimate of drug-likeness (QED) is 0.867. The summed E-state index contributed by atoms with van der Waals surface area (Å²) in [7, 11) is 0. The number of rotatable bonds is 3. The van der Waals surface area contributed by atoms with E-state index in [-0.39, 0.29) is 5.60 Å². The molecular formula is C17H31NO3. The Morgan fingerprint density at radius 1 is 1.19 bits per heavy atom. The van der Waals surface area contributed by atoms with Crippen molar-refractivity contribution < 1.29 is 14.6 Å². The Morgan fingerprint density at radius 2 is 2.10 bits per heavy atom. The minimum absolute atomic E-state index is 0.0892. The van der Waals surface area contributed by atoms with Crippen LogP contribution in [0.1, 0.15) is 51.9 Å². The summed E-state index contributed by atoms with van der Waals surface area (Å²) in [6.45, 7) is 7.92. The third-order valence-corrected chi connectivity index (χ3v) is 5.80. The van der Waals surface area contributed by atoms with Crippen LogP contribution < -0.4 is 0 Å². The van der Waals surface area contributed by atoms with Crippen LogP contribution >= 0.6 is 0 Å². The van der Waals surface area contributed by atoms with Crippen molar-refractivity contribution in [2.75, 3.05) is 39.5 Å². The normalized spacial score (nSPS) is 42.3. The zero-order valence-electron chi connectivity index (χ0n) is 13.5. The van der Waals surface area contributed by atoms with Crippen molar-refractivity contribution in [1.29, 1.82) is 0 Å². The number of likely N-dealkylation sites (tertiary alicyclic amines) is 1. The Kier molecular flexibility index (Phi) is 4.89. The van der Waals surface area contributed by atoms with Gasteiger partial charge in [0.25, 0.3) is 0 Å². The zero-order chi connectivity index (χ0) is 14.8. The number of ether oxygens (including phenoxy) is 2. The van der Waals surface area contributed by atoms with Crippen molar-refractivity contribution in [3.8, 4) is 0 Å². The maximum Gasteiger partial charge on any atom is 0.0940 e. The molecule has 3 atom stereocenters. The van der Waals surface area contributed by atoms with Crippen LogP contribution in [-0.4, -0.2) is 60.7 Å². The molecule has 3 fully saturated rings. The van der Waals surface area contributed by atoms with Gasteiger partial charge in [-0.05, 0) is 57.5 Å². The Morgan fingerprint density at radius 3 is 2.86 bits per heavy atom. The van der Waals surface area contributed by atoms with Crippen LogP contribution in [0.3, 0.4) is 0 Å². The van der Waals surface area contributed by atoms with Crippen molar-refractivity contribution in [1.82, 2.24) is 4.90 Å². The maximum atomic E-state index is 11.3. The Hall–Kier alpha value is -0.160. The standard InChI is InChI=1S/C17H31NO3/c1-2-8-18-9-3-5-17(19,6-10-18)15-4-11-21-16(13-15)7-12-20-14-16/h15,19H,2-14H2,1H3. The average Bonchev–Trinajstić information content (AvgIpc) is 2.83. The van der Waals surface area contributed by atoms with E-state index in [1.54, 1.807) is 0 Å². The second-order valence-corrected chi connectivity index (χ2v) is 7.32. The highest BCUT2D eigenvalue weighted by atomic mass is 16.6. The second kappa shape index (κ2) is 6.53. The lowest BCUT2D eigenvalue weighted by molar-refractivity contribution is -0.146. The smallest absolute Gasteiger partial charge is 0.0940 e.